The molecule has 0 aliphatic carbocycles. The summed E-state index contributed by atoms with van der Waals surface area (Å²) in [6.07, 6.45) is 1.44. The Morgan fingerprint density at radius 1 is 1.29 bits per heavy atom. The maximum atomic E-state index is 9.94. The molecule has 17 heavy (non-hydrogen) atoms. The van der Waals surface area contributed by atoms with Gasteiger partial charge in [-0.1, -0.05) is 0 Å². The molecule has 1 aromatic rings. The molecule has 1 atom stereocenters. The first-order valence-electron chi connectivity index (χ1n) is 5.53. The van der Waals surface area contributed by atoms with Crippen LogP contribution >= 0.6 is 0 Å². The molecule has 0 fully saturated rings. The van der Waals surface area contributed by atoms with E-state index in [9.17, 15) is 5.11 Å². The van der Waals surface area contributed by atoms with Crippen LogP contribution in [0.5, 0.6) is 5.75 Å². The number of rotatable bonds is 8. The van der Waals surface area contributed by atoms with Gasteiger partial charge in [0.15, 0.2) is 0 Å². The molecule has 1 rings (SSSR count). The molecule has 0 saturated carbocycles. The van der Waals surface area contributed by atoms with Crippen LogP contribution in [-0.4, -0.2) is 44.1 Å². The van der Waals surface area contributed by atoms with Gasteiger partial charge >= 0.3 is 0 Å². The fourth-order valence-electron chi connectivity index (χ4n) is 1.40. The molecule has 1 unspecified atom stereocenters. The van der Waals surface area contributed by atoms with Crippen LogP contribution in [0.1, 0.15) is 18.2 Å². The van der Waals surface area contributed by atoms with Crippen molar-refractivity contribution >= 4 is 0 Å². The van der Waals surface area contributed by atoms with E-state index in [1.165, 1.54) is 0 Å². The zero-order valence-electron chi connectivity index (χ0n) is 10.3. The number of aliphatic hydroxyl groups excluding tert-OH is 1. The van der Waals surface area contributed by atoms with Crippen molar-refractivity contribution in [1.82, 2.24) is 4.98 Å². The van der Waals surface area contributed by atoms with Gasteiger partial charge < -0.3 is 19.3 Å². The Morgan fingerprint density at radius 2 is 2.12 bits per heavy atom. The lowest BCUT2D eigenvalue weighted by Gasteiger charge is -2.13. The molecule has 0 aliphatic rings. The second kappa shape index (κ2) is 8.00. The number of hydrogen-bond donors (Lipinski definition) is 1. The van der Waals surface area contributed by atoms with E-state index in [4.69, 9.17) is 14.2 Å². The summed E-state index contributed by atoms with van der Waals surface area (Å²) in [6.45, 7) is 1.55. The van der Waals surface area contributed by atoms with Crippen LogP contribution in [0.2, 0.25) is 0 Å². The average molecular weight is 241 g/mol. The van der Waals surface area contributed by atoms with Crippen molar-refractivity contribution in [1.29, 1.82) is 0 Å². The van der Waals surface area contributed by atoms with Crippen molar-refractivity contribution < 1.29 is 19.3 Å². The summed E-state index contributed by atoms with van der Waals surface area (Å²) in [6, 6.07) is 3.54. The predicted octanol–water partition coefficient (Wildman–Crippen LogP) is 1.18. The Kier molecular flexibility index (Phi) is 6.54. The van der Waals surface area contributed by atoms with Gasteiger partial charge in [0.2, 0.25) is 0 Å². The maximum Gasteiger partial charge on any atom is 0.143 e. The van der Waals surface area contributed by atoms with Crippen LogP contribution < -0.4 is 4.74 Å². The molecule has 0 saturated heterocycles. The van der Waals surface area contributed by atoms with Crippen molar-refractivity contribution in [2.24, 2.45) is 0 Å². The highest BCUT2D eigenvalue weighted by Crippen LogP contribution is 2.24. The summed E-state index contributed by atoms with van der Waals surface area (Å²) in [5.74, 6) is 0.594. The number of aliphatic hydroxyl groups is 1. The first kappa shape index (κ1) is 13.9. The molecule has 0 amide bonds. The lowest BCUT2D eigenvalue weighted by Crippen LogP contribution is -2.09. The molecule has 1 aromatic heterocycles. The van der Waals surface area contributed by atoms with E-state index in [0.29, 0.717) is 37.7 Å². The Labute approximate surface area is 101 Å². The zero-order chi connectivity index (χ0) is 12.5. The van der Waals surface area contributed by atoms with Gasteiger partial charge in [-0.3, -0.25) is 4.98 Å². The molecular weight excluding hydrogens is 222 g/mol. The van der Waals surface area contributed by atoms with Crippen LogP contribution in [-0.2, 0) is 9.47 Å². The quantitative estimate of drug-likeness (QED) is 0.692. The summed E-state index contributed by atoms with van der Waals surface area (Å²) < 4.78 is 15.3. The molecule has 1 heterocycles. The third-order valence-corrected chi connectivity index (χ3v) is 2.30. The van der Waals surface area contributed by atoms with Crippen LogP contribution in [0.25, 0.3) is 0 Å². The minimum absolute atomic E-state index is 0.463. The molecule has 1 N–H and O–H groups in total. The molecular formula is C12H19NO4. The van der Waals surface area contributed by atoms with E-state index in [1.807, 2.05) is 0 Å². The standard InChI is InChI=1S/C12H19NO4/c1-15-8-9-17-7-5-10(14)12-11(16-2)4-3-6-13-12/h3-4,6,10,14H,5,7-9H2,1-2H3. The number of hydrogen-bond acceptors (Lipinski definition) is 5. The van der Waals surface area contributed by atoms with Crippen LogP contribution in [0, 0.1) is 0 Å². The molecule has 5 heteroatoms. The van der Waals surface area contributed by atoms with E-state index in [2.05, 4.69) is 4.98 Å². The van der Waals surface area contributed by atoms with Crippen molar-refractivity contribution in [3.63, 3.8) is 0 Å². The topological polar surface area (TPSA) is 60.8 Å². The number of aromatic nitrogens is 1. The summed E-state index contributed by atoms with van der Waals surface area (Å²) in [5.41, 5.74) is 0.547. The SMILES string of the molecule is COCCOCCC(O)c1ncccc1OC. The van der Waals surface area contributed by atoms with Gasteiger partial charge in [-0.15, -0.1) is 0 Å². The number of nitrogens with zero attached hydrogens (tertiary/aromatic N) is 1. The minimum atomic E-state index is -0.673. The van der Waals surface area contributed by atoms with Crippen molar-refractivity contribution in [2.75, 3.05) is 34.0 Å². The van der Waals surface area contributed by atoms with Crippen LogP contribution in [0.4, 0.5) is 0 Å². The maximum absolute atomic E-state index is 9.94. The third-order valence-electron chi connectivity index (χ3n) is 2.30. The van der Waals surface area contributed by atoms with Crippen molar-refractivity contribution in [3.05, 3.63) is 24.0 Å². The van der Waals surface area contributed by atoms with Gasteiger partial charge in [0, 0.05) is 26.3 Å². The monoisotopic (exact) mass is 241 g/mol. The fourth-order valence-corrected chi connectivity index (χ4v) is 1.40. The van der Waals surface area contributed by atoms with E-state index in [-0.39, 0.29) is 0 Å². The normalized spacial score (nSPS) is 12.4. The van der Waals surface area contributed by atoms with E-state index in [1.54, 1.807) is 32.5 Å². The fraction of sp³-hybridized carbons (Fsp3) is 0.583. The Hall–Kier alpha value is -1.17. The van der Waals surface area contributed by atoms with E-state index in [0.717, 1.165) is 0 Å². The van der Waals surface area contributed by atoms with Gasteiger partial charge in [0.05, 0.1) is 20.3 Å². The predicted molar refractivity (Wildman–Crippen MR) is 63.1 cm³/mol. The van der Waals surface area contributed by atoms with E-state index < -0.39 is 6.10 Å². The highest BCUT2D eigenvalue weighted by molar-refractivity contribution is 5.28. The summed E-state index contributed by atoms with van der Waals surface area (Å²) in [7, 11) is 3.18. The smallest absolute Gasteiger partial charge is 0.143 e. The lowest BCUT2D eigenvalue weighted by atomic mass is 10.1. The van der Waals surface area contributed by atoms with Crippen LogP contribution in [0.3, 0.4) is 0 Å². The highest BCUT2D eigenvalue weighted by atomic mass is 16.5. The van der Waals surface area contributed by atoms with Gasteiger partial charge in [-0.25, -0.2) is 0 Å². The summed E-state index contributed by atoms with van der Waals surface area (Å²) in [4.78, 5) is 4.11. The summed E-state index contributed by atoms with van der Waals surface area (Å²) >= 11 is 0. The molecule has 0 bridgehead atoms. The number of methoxy groups -OCH3 is 2. The second-order valence-corrected chi connectivity index (χ2v) is 3.50. The zero-order valence-corrected chi connectivity index (χ0v) is 10.3. The molecule has 96 valence electrons. The third kappa shape index (κ3) is 4.68. The Bertz CT molecular complexity index is 319. The van der Waals surface area contributed by atoms with Gasteiger partial charge in [0.25, 0.3) is 0 Å². The Balaban J connectivity index is 2.38. The number of pyridine rings is 1. The molecule has 5 nitrogen and oxygen atoms in total. The summed E-state index contributed by atoms with van der Waals surface area (Å²) in [5, 5.41) is 9.94. The first-order chi connectivity index (χ1) is 8.29. The van der Waals surface area contributed by atoms with Crippen LogP contribution in [0.15, 0.2) is 18.3 Å². The van der Waals surface area contributed by atoms with Gasteiger partial charge in [0.1, 0.15) is 17.5 Å². The molecule has 0 aliphatic heterocycles. The minimum Gasteiger partial charge on any atom is -0.495 e. The molecule has 0 radical (unpaired) electrons. The molecule has 0 aromatic carbocycles. The average Bonchev–Trinajstić information content (AvgIpc) is 2.38. The highest BCUT2D eigenvalue weighted by Gasteiger charge is 2.13. The molecule has 0 spiro atoms. The largest absolute Gasteiger partial charge is 0.495 e. The second-order valence-electron chi connectivity index (χ2n) is 3.50. The lowest BCUT2D eigenvalue weighted by molar-refractivity contribution is 0.0461. The van der Waals surface area contributed by atoms with Gasteiger partial charge in [-0.2, -0.15) is 0 Å². The van der Waals surface area contributed by atoms with Crippen molar-refractivity contribution in [3.8, 4) is 5.75 Å². The number of ether oxygens (including phenoxy) is 3. The Morgan fingerprint density at radius 3 is 2.82 bits per heavy atom. The van der Waals surface area contributed by atoms with Gasteiger partial charge in [-0.05, 0) is 12.1 Å². The van der Waals surface area contributed by atoms with Crippen molar-refractivity contribution in [2.45, 2.75) is 12.5 Å². The first-order valence-corrected chi connectivity index (χ1v) is 5.53. The van der Waals surface area contributed by atoms with E-state index >= 15 is 0 Å².